The first-order valence-electron chi connectivity index (χ1n) is 8.35. The topological polar surface area (TPSA) is 109 Å². The molecule has 7 nitrogen and oxygen atoms in total. The van der Waals surface area contributed by atoms with Gasteiger partial charge in [-0.3, -0.25) is 9.59 Å². The van der Waals surface area contributed by atoms with Crippen LogP contribution in [0.5, 0.6) is 0 Å². The Morgan fingerprint density at radius 1 is 1.21 bits per heavy atom. The van der Waals surface area contributed by atoms with E-state index in [1.807, 2.05) is 6.92 Å². The van der Waals surface area contributed by atoms with Crippen LogP contribution in [0.25, 0.3) is 0 Å². The summed E-state index contributed by atoms with van der Waals surface area (Å²) in [6.07, 6.45) is 1.00. The molecule has 0 aliphatic carbocycles. The maximum Gasteiger partial charge on any atom is 0.270 e. The van der Waals surface area contributed by atoms with Crippen molar-refractivity contribution in [3.63, 3.8) is 0 Å². The van der Waals surface area contributed by atoms with Crippen molar-refractivity contribution in [3.8, 4) is 0 Å². The van der Waals surface area contributed by atoms with Crippen molar-refractivity contribution < 1.29 is 13.2 Å². The third-order valence-corrected chi connectivity index (χ3v) is 6.79. The maximum absolute atomic E-state index is 12.6. The summed E-state index contributed by atoms with van der Waals surface area (Å²) < 4.78 is 25.1. The molecule has 0 unspecified atom stereocenters. The fraction of sp³-hybridized carbons (Fsp3) is 0.105. The highest BCUT2D eigenvalue weighted by atomic mass is 35.5. The van der Waals surface area contributed by atoms with E-state index >= 15 is 0 Å². The molecule has 0 atom stereocenters. The Kier molecular flexibility index (Phi) is 6.41. The summed E-state index contributed by atoms with van der Waals surface area (Å²) >= 11 is 6.91. The largest absolute Gasteiger partial charge is 0.325 e. The zero-order chi connectivity index (χ0) is 21.0. The number of anilines is 1. The highest BCUT2D eigenvalue weighted by Crippen LogP contribution is 2.21. The molecule has 3 rings (SSSR count). The van der Waals surface area contributed by atoms with E-state index in [9.17, 15) is 18.0 Å². The average Bonchev–Trinajstić information content (AvgIpc) is 2.70. The van der Waals surface area contributed by atoms with Crippen LogP contribution in [-0.2, 0) is 14.6 Å². The third-order valence-electron chi connectivity index (χ3n) is 3.90. The first kappa shape index (κ1) is 21.1. The zero-order valence-corrected chi connectivity index (χ0v) is 17.6. The molecule has 0 bridgehead atoms. The van der Waals surface area contributed by atoms with Gasteiger partial charge in [-0.2, -0.15) is 0 Å². The second-order valence-corrected chi connectivity index (χ2v) is 9.31. The molecule has 0 spiro atoms. The van der Waals surface area contributed by atoms with E-state index < -0.39 is 20.3 Å². The van der Waals surface area contributed by atoms with E-state index in [4.69, 9.17) is 11.6 Å². The van der Waals surface area contributed by atoms with Crippen LogP contribution in [0, 0.1) is 6.92 Å². The van der Waals surface area contributed by atoms with Gasteiger partial charge in [0, 0.05) is 10.7 Å². The van der Waals surface area contributed by atoms with E-state index in [1.165, 1.54) is 12.1 Å². The van der Waals surface area contributed by atoms with Gasteiger partial charge in [-0.1, -0.05) is 47.6 Å². The number of aryl methyl sites for hydroxylation is 1. The number of aromatic amines is 1. The summed E-state index contributed by atoms with van der Waals surface area (Å²) in [4.78, 5) is 30.4. The lowest BCUT2D eigenvalue weighted by Gasteiger charge is -2.08. The number of hydrogen-bond acceptors (Lipinski definition) is 6. The minimum absolute atomic E-state index is 0.00368. The van der Waals surface area contributed by atoms with Crippen LogP contribution in [0.4, 0.5) is 5.69 Å². The van der Waals surface area contributed by atoms with Gasteiger partial charge < -0.3 is 10.3 Å². The Morgan fingerprint density at radius 2 is 1.93 bits per heavy atom. The van der Waals surface area contributed by atoms with Gasteiger partial charge in [0.2, 0.25) is 15.7 Å². The first-order valence-corrected chi connectivity index (χ1v) is 11.2. The van der Waals surface area contributed by atoms with Crippen LogP contribution < -0.4 is 10.9 Å². The molecular formula is C19H16ClN3O4S2. The Balaban J connectivity index is 1.70. The van der Waals surface area contributed by atoms with Crippen molar-refractivity contribution in [1.29, 1.82) is 0 Å². The quantitative estimate of drug-likeness (QED) is 0.441. The number of thioether (sulfide) groups is 1. The van der Waals surface area contributed by atoms with E-state index in [2.05, 4.69) is 15.3 Å². The smallest absolute Gasteiger partial charge is 0.270 e. The predicted molar refractivity (Wildman–Crippen MR) is 112 cm³/mol. The molecule has 1 heterocycles. The molecule has 0 saturated heterocycles. The molecular weight excluding hydrogens is 434 g/mol. The van der Waals surface area contributed by atoms with Crippen LogP contribution in [0.2, 0.25) is 5.02 Å². The van der Waals surface area contributed by atoms with Gasteiger partial charge in [-0.25, -0.2) is 13.4 Å². The highest BCUT2D eigenvalue weighted by molar-refractivity contribution is 7.99. The maximum atomic E-state index is 12.6. The average molecular weight is 450 g/mol. The normalized spacial score (nSPS) is 11.2. The number of rotatable bonds is 6. The minimum Gasteiger partial charge on any atom is -0.325 e. The molecule has 10 heteroatoms. The lowest BCUT2D eigenvalue weighted by atomic mass is 10.2. The summed E-state index contributed by atoms with van der Waals surface area (Å²) in [6.45, 7) is 1.84. The molecule has 0 saturated carbocycles. The summed E-state index contributed by atoms with van der Waals surface area (Å²) in [5, 5.41) is 3.37. The fourth-order valence-electron chi connectivity index (χ4n) is 2.41. The predicted octanol–water partition coefficient (Wildman–Crippen LogP) is 3.30. The van der Waals surface area contributed by atoms with Crippen molar-refractivity contribution in [2.75, 3.05) is 11.1 Å². The Hall–Kier alpha value is -2.62. The number of sulfone groups is 1. The summed E-state index contributed by atoms with van der Waals surface area (Å²) in [7, 11) is -3.97. The monoisotopic (exact) mass is 449 g/mol. The van der Waals surface area contributed by atoms with E-state index in [1.54, 1.807) is 36.4 Å². The van der Waals surface area contributed by atoms with Gasteiger partial charge >= 0.3 is 0 Å². The van der Waals surface area contributed by atoms with Gasteiger partial charge in [0.05, 0.1) is 16.8 Å². The molecule has 3 aromatic rings. The molecule has 0 radical (unpaired) electrons. The molecule has 2 aromatic carbocycles. The van der Waals surface area contributed by atoms with Gasteiger partial charge in [0.15, 0.2) is 10.1 Å². The summed E-state index contributed by atoms with van der Waals surface area (Å²) in [5.74, 6) is -0.344. The number of aromatic nitrogens is 2. The first-order chi connectivity index (χ1) is 13.8. The lowest BCUT2D eigenvalue weighted by molar-refractivity contribution is -0.113. The highest BCUT2D eigenvalue weighted by Gasteiger charge is 2.22. The molecule has 1 aromatic heterocycles. The number of hydrogen-bond donors (Lipinski definition) is 2. The number of nitrogens with one attached hydrogen (secondary N) is 2. The summed E-state index contributed by atoms with van der Waals surface area (Å²) in [5.41, 5.74) is 0.654. The molecule has 0 aliphatic rings. The number of nitrogens with zero attached hydrogens (tertiary/aromatic N) is 1. The minimum atomic E-state index is -3.97. The SMILES string of the molecule is Cc1ccc(Cl)cc1NC(=O)CSc1ncc(S(=O)(=O)c2ccccc2)c(=O)[nH]1. The second kappa shape index (κ2) is 8.81. The van der Waals surface area contributed by atoms with Gasteiger partial charge in [-0.15, -0.1) is 0 Å². The van der Waals surface area contributed by atoms with E-state index in [0.29, 0.717) is 10.7 Å². The second-order valence-electron chi connectivity index (χ2n) is 5.99. The van der Waals surface area contributed by atoms with Crippen molar-refractivity contribution in [3.05, 3.63) is 75.7 Å². The van der Waals surface area contributed by atoms with Gasteiger partial charge in [0.25, 0.3) is 5.56 Å². The van der Waals surface area contributed by atoms with E-state index in [-0.39, 0.29) is 21.7 Å². The Morgan fingerprint density at radius 3 is 2.62 bits per heavy atom. The third kappa shape index (κ3) is 5.06. The molecule has 2 N–H and O–H groups in total. The number of carbonyl (C=O) groups excluding carboxylic acids is 1. The van der Waals surface area contributed by atoms with Crippen molar-refractivity contribution in [1.82, 2.24) is 9.97 Å². The van der Waals surface area contributed by atoms with Crippen LogP contribution in [-0.4, -0.2) is 30.0 Å². The number of amides is 1. The van der Waals surface area contributed by atoms with Crippen molar-refractivity contribution in [2.45, 2.75) is 21.9 Å². The molecule has 1 amide bonds. The van der Waals surface area contributed by atoms with Crippen molar-refractivity contribution in [2.24, 2.45) is 0 Å². The molecule has 0 fully saturated rings. The number of H-pyrrole nitrogens is 1. The summed E-state index contributed by atoms with van der Waals surface area (Å²) in [6, 6.07) is 12.8. The van der Waals surface area contributed by atoms with E-state index in [0.717, 1.165) is 23.5 Å². The van der Waals surface area contributed by atoms with Crippen LogP contribution in [0.1, 0.15) is 5.56 Å². The van der Waals surface area contributed by atoms with Crippen molar-refractivity contribution >= 4 is 44.8 Å². The Labute approximate surface area is 176 Å². The van der Waals surface area contributed by atoms with Gasteiger partial charge in [-0.05, 0) is 36.8 Å². The zero-order valence-electron chi connectivity index (χ0n) is 15.2. The van der Waals surface area contributed by atoms with Crippen LogP contribution >= 0.6 is 23.4 Å². The van der Waals surface area contributed by atoms with Crippen LogP contribution in [0.15, 0.2) is 74.5 Å². The standard InChI is InChI=1S/C19H16ClN3O4S2/c1-12-7-8-13(20)9-15(12)22-17(24)11-28-19-21-10-16(18(25)23-19)29(26,27)14-5-3-2-4-6-14/h2-10H,11H2,1H3,(H,22,24)(H,21,23,25). The number of benzene rings is 2. The number of carbonyl (C=O) groups is 1. The Bertz CT molecular complexity index is 1210. The van der Waals surface area contributed by atoms with Gasteiger partial charge in [0.1, 0.15) is 0 Å². The fourth-order valence-corrected chi connectivity index (χ4v) is 4.47. The molecule has 150 valence electrons. The molecule has 29 heavy (non-hydrogen) atoms. The lowest BCUT2D eigenvalue weighted by Crippen LogP contribution is -2.20. The number of halogens is 1. The molecule has 0 aliphatic heterocycles. The van der Waals surface area contributed by atoms with Crippen LogP contribution in [0.3, 0.4) is 0 Å².